The van der Waals surface area contributed by atoms with Gasteiger partial charge in [0.15, 0.2) is 11.4 Å². The summed E-state index contributed by atoms with van der Waals surface area (Å²) in [6, 6.07) is 14.1. The van der Waals surface area contributed by atoms with Crippen molar-refractivity contribution in [3.05, 3.63) is 70.2 Å². The van der Waals surface area contributed by atoms with Crippen molar-refractivity contribution in [2.24, 2.45) is 4.99 Å². The predicted octanol–water partition coefficient (Wildman–Crippen LogP) is 2.40. The Hall–Kier alpha value is -3.57. The van der Waals surface area contributed by atoms with Gasteiger partial charge >= 0.3 is 6.18 Å². The Morgan fingerprint density at radius 3 is 2.64 bits per heavy atom. The highest BCUT2D eigenvalue weighted by Gasteiger charge is 2.30. The normalized spacial score (nSPS) is 16.2. The number of carbonyl (C=O) groups excluding carboxylic acids is 2. The second-order valence-electron chi connectivity index (χ2n) is 7.35. The summed E-state index contributed by atoms with van der Waals surface area (Å²) in [5.41, 5.74) is 7.88. The van der Waals surface area contributed by atoms with Gasteiger partial charge in [-0.15, -0.1) is 11.3 Å². The molecule has 3 N–H and O–H groups in total. The third-order valence-electron chi connectivity index (χ3n) is 5.20. The van der Waals surface area contributed by atoms with E-state index in [1.165, 1.54) is 5.56 Å². The molecule has 2 heterocycles. The number of carboxylic acid groups (broad SMARTS) is 1. The number of aliphatic carboxylic acids is 1. The number of amides is 1. The average Bonchev–Trinajstić information content (AvgIpc) is 3.51. The van der Waals surface area contributed by atoms with E-state index in [9.17, 15) is 18.0 Å². The highest BCUT2D eigenvalue weighted by Crippen LogP contribution is 2.34. The Morgan fingerprint density at radius 1 is 1.18 bits per heavy atom. The molecule has 3 aromatic rings. The molecular weight excluding hydrogens is 457 g/mol. The number of quaternary nitrogens is 1. The zero-order chi connectivity index (χ0) is 23.6. The molecule has 2 aromatic carbocycles. The minimum Gasteiger partial charge on any atom is -0.542 e. The molecule has 1 atom stereocenters. The summed E-state index contributed by atoms with van der Waals surface area (Å²) >= 11 is 1.56. The van der Waals surface area contributed by atoms with Crippen LogP contribution in [-0.4, -0.2) is 28.9 Å². The van der Waals surface area contributed by atoms with Crippen LogP contribution in [0.2, 0.25) is 0 Å². The molecule has 1 amide bonds. The lowest BCUT2D eigenvalue weighted by Gasteiger charge is -2.12. The monoisotopic (exact) mass is 474 g/mol. The van der Waals surface area contributed by atoms with Crippen LogP contribution in [0.25, 0.3) is 0 Å². The van der Waals surface area contributed by atoms with Gasteiger partial charge in [0, 0.05) is 17.1 Å². The number of aliphatic imine (C=N–C) groups is 1. The fourth-order valence-corrected chi connectivity index (χ4v) is 4.23. The molecule has 1 aliphatic heterocycles. The van der Waals surface area contributed by atoms with Gasteiger partial charge in [-0.25, -0.2) is 4.98 Å². The number of aromatic nitrogens is 1. The average molecular weight is 474 g/mol. The van der Waals surface area contributed by atoms with Gasteiger partial charge in [-0.1, -0.05) is 24.3 Å². The van der Waals surface area contributed by atoms with Crippen molar-refractivity contribution in [2.45, 2.75) is 24.9 Å². The molecule has 33 heavy (non-hydrogen) atoms. The number of amidine groups is 1. The fourth-order valence-electron chi connectivity index (χ4n) is 3.69. The topological polar surface area (TPSA) is 111 Å². The van der Waals surface area contributed by atoms with Crippen molar-refractivity contribution in [1.29, 1.82) is 0 Å². The Labute approximate surface area is 190 Å². The highest BCUT2D eigenvalue weighted by molar-refractivity contribution is 7.07. The van der Waals surface area contributed by atoms with Crippen LogP contribution in [0.15, 0.2) is 58.3 Å². The van der Waals surface area contributed by atoms with E-state index in [0.717, 1.165) is 47.0 Å². The fraction of sp³-hybridized carbons (Fsp3) is 0.182. The van der Waals surface area contributed by atoms with Gasteiger partial charge in [0.05, 0.1) is 11.4 Å². The number of hydrogen-bond acceptors (Lipinski definition) is 6. The number of carbonyl (C=O) groups is 2. The third kappa shape index (κ3) is 5.10. The van der Waals surface area contributed by atoms with Crippen LogP contribution in [-0.2, 0) is 16.0 Å². The van der Waals surface area contributed by atoms with Gasteiger partial charge < -0.3 is 15.2 Å². The standard InChI is InChI=1S/C20H16N4OS.C2HF3O2/c25-20(15-7-5-12-3-1-2-4-14(12)15)22-13-6-8-16-17(9-13)24-19(23-16)18-10-26-11-21-18;3-2(4,5)1(6)7/h1-4,6,8-11,15H,5,7H2,(H,22,25)(H,23,24);(H,6,7). The van der Waals surface area contributed by atoms with Crippen LogP contribution in [0, 0.1) is 0 Å². The number of nitrogens with zero attached hydrogens (tertiary/aromatic N) is 2. The Bertz CT molecular complexity index is 1230. The Balaban J connectivity index is 0.000000325. The van der Waals surface area contributed by atoms with Crippen molar-refractivity contribution in [1.82, 2.24) is 4.98 Å². The van der Waals surface area contributed by atoms with Crippen LogP contribution in [0.1, 0.15) is 29.2 Å². The van der Waals surface area contributed by atoms with Crippen molar-refractivity contribution in [2.75, 3.05) is 5.32 Å². The van der Waals surface area contributed by atoms with E-state index in [4.69, 9.17) is 9.90 Å². The predicted molar refractivity (Wildman–Crippen MR) is 114 cm³/mol. The molecule has 11 heteroatoms. The number of carboxylic acids is 1. The van der Waals surface area contributed by atoms with Crippen LogP contribution in [0.4, 0.5) is 30.2 Å². The van der Waals surface area contributed by atoms with Gasteiger partial charge in [0.2, 0.25) is 5.91 Å². The maximum absolute atomic E-state index is 12.8. The number of nitrogens with two attached hydrogens (primary N) is 1. The molecule has 0 spiro atoms. The van der Waals surface area contributed by atoms with Crippen molar-refractivity contribution < 1.29 is 33.2 Å². The first-order valence-corrected chi connectivity index (χ1v) is 10.8. The molecule has 0 fully saturated rings. The SMILES string of the molecule is O=C(Nc1ccc2c(c1)[NH2+]C(c1cscn1)=N2)C1CCc2ccccc21.O=C([O-])C(F)(F)F. The van der Waals surface area contributed by atoms with Crippen LogP contribution < -0.4 is 15.7 Å². The second-order valence-corrected chi connectivity index (χ2v) is 8.07. The maximum Gasteiger partial charge on any atom is 0.430 e. The first-order valence-electron chi connectivity index (χ1n) is 9.85. The quantitative estimate of drug-likeness (QED) is 0.568. The zero-order valence-corrected chi connectivity index (χ0v) is 17.7. The summed E-state index contributed by atoms with van der Waals surface area (Å²) in [5, 5.41) is 15.9. The summed E-state index contributed by atoms with van der Waals surface area (Å²) in [7, 11) is 0. The lowest BCUT2D eigenvalue weighted by Crippen LogP contribution is -2.80. The van der Waals surface area contributed by atoms with Gasteiger partial charge in [-0.05, 0) is 36.1 Å². The number of thiazole rings is 1. The number of alkyl halides is 3. The summed E-state index contributed by atoms with van der Waals surface area (Å²) < 4.78 is 31.5. The number of aryl methyl sites for hydroxylation is 1. The molecule has 7 nitrogen and oxygen atoms in total. The highest BCUT2D eigenvalue weighted by atomic mass is 32.1. The van der Waals surface area contributed by atoms with Crippen LogP contribution >= 0.6 is 11.3 Å². The summed E-state index contributed by atoms with van der Waals surface area (Å²) in [6.45, 7) is 0. The minimum absolute atomic E-state index is 0.0635. The van der Waals surface area contributed by atoms with E-state index in [0.29, 0.717) is 0 Å². The molecule has 0 saturated heterocycles. The van der Waals surface area contributed by atoms with Crippen LogP contribution in [0.5, 0.6) is 0 Å². The Kier molecular flexibility index (Phi) is 6.25. The molecule has 0 radical (unpaired) electrons. The summed E-state index contributed by atoms with van der Waals surface area (Å²) in [4.78, 5) is 30.5. The lowest BCUT2D eigenvalue weighted by atomic mass is 10.0. The Morgan fingerprint density at radius 2 is 1.94 bits per heavy atom. The number of nitrogens with one attached hydrogen (secondary N) is 1. The number of anilines is 1. The van der Waals surface area contributed by atoms with E-state index in [2.05, 4.69) is 27.4 Å². The first kappa shape index (κ1) is 22.6. The zero-order valence-electron chi connectivity index (χ0n) is 16.9. The smallest absolute Gasteiger partial charge is 0.430 e. The van der Waals surface area contributed by atoms with E-state index in [-0.39, 0.29) is 11.8 Å². The summed E-state index contributed by atoms with van der Waals surface area (Å²) in [6.07, 6.45) is -3.35. The van der Waals surface area contributed by atoms with E-state index in [1.54, 1.807) is 16.8 Å². The van der Waals surface area contributed by atoms with E-state index in [1.807, 2.05) is 41.0 Å². The van der Waals surface area contributed by atoms with Gasteiger partial charge in [-0.3, -0.25) is 10.1 Å². The molecule has 1 unspecified atom stereocenters. The number of fused-ring (bicyclic) bond motifs is 2. The maximum atomic E-state index is 12.8. The number of halogens is 3. The number of benzene rings is 2. The van der Waals surface area contributed by atoms with E-state index < -0.39 is 12.1 Å². The van der Waals surface area contributed by atoms with Gasteiger partial charge in [-0.2, -0.15) is 18.2 Å². The second kappa shape index (κ2) is 9.12. The van der Waals surface area contributed by atoms with Gasteiger partial charge in [0.25, 0.3) is 5.84 Å². The minimum atomic E-state index is -5.19. The van der Waals surface area contributed by atoms with Crippen molar-refractivity contribution >= 4 is 46.1 Å². The molecule has 170 valence electrons. The number of rotatable bonds is 3. The number of hydrogen-bond donors (Lipinski definition) is 2. The first-order chi connectivity index (χ1) is 15.7. The van der Waals surface area contributed by atoms with Crippen LogP contribution in [0.3, 0.4) is 0 Å². The summed E-state index contributed by atoms with van der Waals surface area (Å²) in [5.74, 6) is -2.14. The van der Waals surface area contributed by atoms with Crippen molar-refractivity contribution in [3.63, 3.8) is 0 Å². The van der Waals surface area contributed by atoms with Gasteiger partial charge in [0.1, 0.15) is 11.7 Å². The third-order valence-corrected chi connectivity index (χ3v) is 5.79. The molecule has 5 rings (SSSR count). The molecular formula is C22H17F3N4O3S. The molecule has 0 bridgehead atoms. The van der Waals surface area contributed by atoms with Crippen molar-refractivity contribution in [3.8, 4) is 0 Å². The molecule has 1 aromatic heterocycles. The lowest BCUT2D eigenvalue weighted by molar-refractivity contribution is -0.437. The molecule has 1 aliphatic carbocycles. The molecule has 2 aliphatic rings. The van der Waals surface area contributed by atoms with E-state index >= 15 is 0 Å². The largest absolute Gasteiger partial charge is 0.542 e. The molecule has 0 saturated carbocycles.